The van der Waals surface area contributed by atoms with E-state index in [4.69, 9.17) is 9.47 Å². The normalized spacial score (nSPS) is 14.3. The van der Waals surface area contributed by atoms with Crippen molar-refractivity contribution in [1.82, 2.24) is 4.90 Å². The van der Waals surface area contributed by atoms with Gasteiger partial charge in [0, 0.05) is 5.69 Å². The molecule has 0 spiro atoms. The Bertz CT molecular complexity index is 1340. The monoisotopic (exact) mass is 614 g/mol. The lowest BCUT2D eigenvalue weighted by Crippen LogP contribution is -2.27. The third-order valence-electron chi connectivity index (χ3n) is 5.42. The summed E-state index contributed by atoms with van der Waals surface area (Å²) in [6, 6.07) is 20.3. The van der Waals surface area contributed by atoms with Gasteiger partial charge in [0.15, 0.2) is 18.1 Å². The minimum Gasteiger partial charge on any atom is -0.493 e. The van der Waals surface area contributed by atoms with Crippen LogP contribution in [-0.4, -0.2) is 35.7 Å². The molecule has 36 heavy (non-hydrogen) atoms. The molecule has 184 valence electrons. The van der Waals surface area contributed by atoms with Crippen molar-refractivity contribution < 1.29 is 23.9 Å². The molecule has 0 aliphatic carbocycles. The SMILES string of the molecule is COc1cc(/C=C2\SC(=O)N(Cc3ccccc3C)C2=O)cc(I)c1OCC(=O)Nc1ccccc1. The van der Waals surface area contributed by atoms with Crippen LogP contribution in [0.5, 0.6) is 11.5 Å². The highest BCUT2D eigenvalue weighted by atomic mass is 127. The van der Waals surface area contributed by atoms with Gasteiger partial charge in [0.2, 0.25) is 0 Å². The zero-order chi connectivity index (χ0) is 25.7. The van der Waals surface area contributed by atoms with E-state index < -0.39 is 0 Å². The largest absolute Gasteiger partial charge is 0.493 e. The van der Waals surface area contributed by atoms with Crippen LogP contribution < -0.4 is 14.8 Å². The number of rotatable bonds is 8. The summed E-state index contributed by atoms with van der Waals surface area (Å²) < 4.78 is 11.9. The maximum Gasteiger partial charge on any atom is 0.293 e. The minimum absolute atomic E-state index is 0.196. The number of para-hydroxylation sites is 1. The van der Waals surface area contributed by atoms with Gasteiger partial charge in [-0.05, 0) is 88.3 Å². The number of methoxy groups -OCH3 is 1. The van der Waals surface area contributed by atoms with Crippen molar-refractivity contribution in [3.63, 3.8) is 0 Å². The van der Waals surface area contributed by atoms with Crippen LogP contribution >= 0.6 is 34.4 Å². The van der Waals surface area contributed by atoms with Crippen LogP contribution in [0.15, 0.2) is 71.6 Å². The summed E-state index contributed by atoms with van der Waals surface area (Å²) in [7, 11) is 1.50. The third-order valence-corrected chi connectivity index (χ3v) is 7.13. The van der Waals surface area contributed by atoms with Crippen LogP contribution in [0, 0.1) is 10.5 Å². The Balaban J connectivity index is 1.48. The van der Waals surface area contributed by atoms with E-state index >= 15 is 0 Å². The van der Waals surface area contributed by atoms with E-state index in [1.54, 1.807) is 24.3 Å². The van der Waals surface area contributed by atoms with Crippen LogP contribution in [0.1, 0.15) is 16.7 Å². The van der Waals surface area contributed by atoms with E-state index in [-0.39, 0.29) is 30.2 Å². The van der Waals surface area contributed by atoms with E-state index in [0.717, 1.165) is 22.9 Å². The van der Waals surface area contributed by atoms with Crippen molar-refractivity contribution in [2.24, 2.45) is 0 Å². The van der Waals surface area contributed by atoms with E-state index in [2.05, 4.69) is 27.9 Å². The van der Waals surface area contributed by atoms with E-state index in [9.17, 15) is 14.4 Å². The van der Waals surface area contributed by atoms with Crippen LogP contribution in [0.2, 0.25) is 0 Å². The standard InChI is InChI=1S/C27H23IN2O5S/c1-17-8-6-7-9-19(17)15-30-26(32)23(36-27(30)33)14-18-12-21(28)25(22(13-18)34-2)35-16-24(31)29-20-10-4-3-5-11-20/h3-14H,15-16H2,1-2H3,(H,29,31)/b23-14-. The first-order valence-corrected chi connectivity index (χ1v) is 12.9. The van der Waals surface area contributed by atoms with E-state index in [1.807, 2.05) is 55.5 Å². The van der Waals surface area contributed by atoms with E-state index in [0.29, 0.717) is 31.2 Å². The number of anilines is 1. The van der Waals surface area contributed by atoms with Crippen molar-refractivity contribution in [3.8, 4) is 11.5 Å². The summed E-state index contributed by atoms with van der Waals surface area (Å²) in [5, 5.41) is 2.46. The number of nitrogens with one attached hydrogen (secondary N) is 1. The molecule has 0 saturated carbocycles. The summed E-state index contributed by atoms with van der Waals surface area (Å²) in [6.45, 7) is 1.99. The predicted molar refractivity (Wildman–Crippen MR) is 149 cm³/mol. The molecular weight excluding hydrogens is 591 g/mol. The number of hydrogen-bond donors (Lipinski definition) is 1. The zero-order valence-corrected chi connectivity index (χ0v) is 22.6. The van der Waals surface area contributed by atoms with Gasteiger partial charge in [-0.2, -0.15) is 0 Å². The van der Waals surface area contributed by atoms with Crippen molar-refractivity contribution in [2.75, 3.05) is 19.0 Å². The van der Waals surface area contributed by atoms with Gasteiger partial charge in [0.05, 0.1) is 22.1 Å². The van der Waals surface area contributed by atoms with Crippen LogP contribution in [-0.2, 0) is 16.1 Å². The van der Waals surface area contributed by atoms with Crippen LogP contribution in [0.3, 0.4) is 0 Å². The lowest BCUT2D eigenvalue weighted by molar-refractivity contribution is -0.123. The molecule has 1 fully saturated rings. The molecule has 9 heteroatoms. The van der Waals surface area contributed by atoms with Crippen molar-refractivity contribution in [2.45, 2.75) is 13.5 Å². The first-order valence-electron chi connectivity index (χ1n) is 11.0. The fraction of sp³-hybridized carbons (Fsp3) is 0.148. The van der Waals surface area contributed by atoms with Gasteiger partial charge in [-0.1, -0.05) is 42.5 Å². The maximum absolute atomic E-state index is 13.0. The van der Waals surface area contributed by atoms with Gasteiger partial charge >= 0.3 is 0 Å². The molecule has 3 aromatic carbocycles. The molecule has 0 radical (unpaired) electrons. The Morgan fingerprint density at radius 1 is 1.08 bits per heavy atom. The first kappa shape index (κ1) is 25.8. The molecular formula is C27H23IN2O5S. The summed E-state index contributed by atoms with van der Waals surface area (Å²) in [4.78, 5) is 39.4. The molecule has 1 aliphatic heterocycles. The molecule has 0 bridgehead atoms. The fourth-order valence-electron chi connectivity index (χ4n) is 3.56. The third kappa shape index (κ3) is 6.08. The second-order valence-electron chi connectivity index (χ2n) is 7.93. The molecule has 3 amide bonds. The first-order chi connectivity index (χ1) is 17.4. The lowest BCUT2D eigenvalue weighted by Gasteiger charge is -2.14. The lowest BCUT2D eigenvalue weighted by atomic mass is 10.1. The van der Waals surface area contributed by atoms with E-state index in [1.165, 1.54) is 12.0 Å². The Morgan fingerprint density at radius 2 is 1.81 bits per heavy atom. The van der Waals surface area contributed by atoms with Crippen molar-refractivity contribution in [1.29, 1.82) is 0 Å². The Morgan fingerprint density at radius 3 is 2.53 bits per heavy atom. The fourth-order valence-corrected chi connectivity index (χ4v) is 5.18. The van der Waals surface area contributed by atoms with Crippen molar-refractivity contribution >= 4 is 63.2 Å². The maximum atomic E-state index is 13.0. The number of amides is 3. The quantitative estimate of drug-likeness (QED) is 0.253. The highest BCUT2D eigenvalue weighted by Crippen LogP contribution is 2.37. The molecule has 0 unspecified atom stereocenters. The molecule has 0 aromatic heterocycles. The number of nitrogens with zero attached hydrogens (tertiary/aromatic N) is 1. The Labute approximate surface area is 227 Å². The molecule has 4 rings (SSSR count). The number of aryl methyl sites for hydroxylation is 1. The average molecular weight is 614 g/mol. The van der Waals surface area contributed by atoms with Gasteiger partial charge in [0.25, 0.3) is 17.1 Å². The minimum atomic E-state index is -0.333. The summed E-state index contributed by atoms with van der Waals surface area (Å²) >= 11 is 3.00. The predicted octanol–water partition coefficient (Wildman–Crippen LogP) is 5.86. The number of benzene rings is 3. The van der Waals surface area contributed by atoms with Gasteiger partial charge in [0.1, 0.15) is 0 Å². The average Bonchev–Trinajstić information content (AvgIpc) is 3.12. The highest BCUT2D eigenvalue weighted by Gasteiger charge is 2.35. The number of thioether (sulfide) groups is 1. The Kier molecular flexibility index (Phi) is 8.32. The molecule has 0 atom stereocenters. The molecule has 1 heterocycles. The smallest absolute Gasteiger partial charge is 0.293 e. The van der Waals surface area contributed by atoms with Crippen molar-refractivity contribution in [3.05, 3.63) is 91.9 Å². The molecule has 1 aliphatic rings. The molecule has 1 N–H and O–H groups in total. The van der Waals surface area contributed by atoms with Gasteiger partial charge < -0.3 is 14.8 Å². The number of halogens is 1. The highest BCUT2D eigenvalue weighted by molar-refractivity contribution is 14.1. The number of imide groups is 1. The number of hydrogen-bond acceptors (Lipinski definition) is 6. The van der Waals surface area contributed by atoms with Crippen LogP contribution in [0.25, 0.3) is 6.08 Å². The zero-order valence-electron chi connectivity index (χ0n) is 19.6. The second-order valence-corrected chi connectivity index (χ2v) is 10.1. The van der Waals surface area contributed by atoms with Crippen LogP contribution in [0.4, 0.5) is 10.5 Å². The number of ether oxygens (including phenoxy) is 2. The summed E-state index contributed by atoms with van der Waals surface area (Å²) in [5.41, 5.74) is 3.31. The molecule has 7 nitrogen and oxygen atoms in total. The Hall–Kier alpha value is -3.31. The number of carbonyl (C=O) groups excluding carboxylic acids is 3. The van der Waals surface area contributed by atoms with Gasteiger partial charge in [-0.3, -0.25) is 19.3 Å². The summed E-state index contributed by atoms with van der Waals surface area (Å²) in [5.74, 6) is 0.205. The second kappa shape index (κ2) is 11.6. The topological polar surface area (TPSA) is 84.9 Å². The number of carbonyl (C=O) groups is 3. The summed E-state index contributed by atoms with van der Waals surface area (Å²) in [6.07, 6.45) is 1.67. The van der Waals surface area contributed by atoms with Gasteiger partial charge in [-0.25, -0.2) is 0 Å². The van der Waals surface area contributed by atoms with Gasteiger partial charge in [-0.15, -0.1) is 0 Å². The molecule has 1 saturated heterocycles. The molecule has 3 aromatic rings.